The van der Waals surface area contributed by atoms with Crippen molar-refractivity contribution in [2.24, 2.45) is 20.5 Å². The van der Waals surface area contributed by atoms with E-state index < -0.39 is 11.9 Å². The monoisotopic (exact) mass is 770 g/mol. The van der Waals surface area contributed by atoms with Gasteiger partial charge < -0.3 is 33.2 Å². The van der Waals surface area contributed by atoms with Gasteiger partial charge in [-0.05, 0) is 72.8 Å². The van der Waals surface area contributed by atoms with Crippen molar-refractivity contribution in [3.63, 3.8) is 0 Å². The second-order valence-corrected chi connectivity index (χ2v) is 12.3. The van der Waals surface area contributed by atoms with Crippen LogP contribution in [0, 0.1) is 0 Å². The van der Waals surface area contributed by atoms with Crippen LogP contribution in [-0.2, 0) is 23.7 Å². The van der Waals surface area contributed by atoms with Crippen molar-refractivity contribution in [1.29, 1.82) is 0 Å². The number of carbonyl (C=O) groups excluding carboxylic acids is 2. The molecule has 0 heterocycles. The Morgan fingerprint density at radius 1 is 0.404 bits per heavy atom. The molecule has 0 aliphatic rings. The molecule has 0 aromatic heterocycles. The minimum absolute atomic E-state index is 0.372. The minimum Gasteiger partial charge on any atom is -0.491 e. The summed E-state index contributed by atoms with van der Waals surface area (Å²) >= 11 is 0. The lowest BCUT2D eigenvalue weighted by Crippen LogP contribution is -2.14. The highest BCUT2D eigenvalue weighted by Gasteiger charge is 2.10. The number of esters is 2. The summed E-state index contributed by atoms with van der Waals surface area (Å²) in [6.45, 7) is 3.27. The lowest BCUT2D eigenvalue weighted by Gasteiger charge is -2.12. The van der Waals surface area contributed by atoms with Gasteiger partial charge in [-0.15, -0.1) is 10.2 Å². The van der Waals surface area contributed by atoms with E-state index in [1.165, 1.54) is 14.2 Å². The van der Waals surface area contributed by atoms with Gasteiger partial charge in [0.25, 0.3) is 0 Å². The summed E-state index contributed by atoms with van der Waals surface area (Å²) < 4.78 is 38.6. The van der Waals surface area contributed by atoms with Gasteiger partial charge in [-0.1, -0.05) is 48.5 Å². The number of nitrogens with zero attached hydrogens (tertiary/aromatic N) is 4. The van der Waals surface area contributed by atoms with Crippen LogP contribution < -0.4 is 9.47 Å². The molecule has 0 bridgehead atoms. The standard InChI is InChI=1S/C44H42N4O9/c1-51-43(49)31-11-15-33(16-12-31)45-47-39-19-21-41(37-9-5-3-7-35(37)39)56-29-27-54-25-23-53-24-26-55-28-30-57-42-22-20-40(36-8-4-6-10-38(36)42)48-46-34-17-13-32(14-18-34)44(50)52-2/h3-22H,23-30H2,1-2H3. The Kier molecular flexibility index (Phi) is 14.8. The number of fused-ring (bicyclic) bond motifs is 2. The van der Waals surface area contributed by atoms with Gasteiger partial charge in [-0.2, -0.15) is 10.2 Å². The Hall–Kier alpha value is -6.54. The van der Waals surface area contributed by atoms with E-state index in [0.29, 0.717) is 86.7 Å². The molecular formula is C44H42N4O9. The Morgan fingerprint density at radius 2 is 0.754 bits per heavy atom. The van der Waals surface area contributed by atoms with Crippen molar-refractivity contribution in [2.45, 2.75) is 0 Å². The van der Waals surface area contributed by atoms with E-state index in [2.05, 4.69) is 20.5 Å². The van der Waals surface area contributed by atoms with Crippen LogP contribution >= 0.6 is 0 Å². The van der Waals surface area contributed by atoms with Crippen molar-refractivity contribution in [3.8, 4) is 11.5 Å². The third-order valence-electron chi connectivity index (χ3n) is 8.56. The third kappa shape index (κ3) is 11.3. The SMILES string of the molecule is COC(=O)c1ccc(N=Nc2ccc(OCCOCCOCCOCCOc3ccc(N=Nc4ccc(C(=O)OC)cc4)c4ccccc34)c3ccccc23)cc1. The van der Waals surface area contributed by atoms with Crippen molar-refractivity contribution in [1.82, 2.24) is 0 Å². The van der Waals surface area contributed by atoms with Crippen LogP contribution in [0.25, 0.3) is 21.5 Å². The summed E-state index contributed by atoms with van der Waals surface area (Å²) in [5.74, 6) is 0.643. The Balaban J connectivity index is 0.852. The van der Waals surface area contributed by atoms with Crippen LogP contribution in [0.5, 0.6) is 11.5 Å². The topological polar surface area (TPSA) is 148 Å². The summed E-state index contributed by atoms with van der Waals surface area (Å²) in [6, 6.07) is 36.6. The number of hydrogen-bond donors (Lipinski definition) is 0. The van der Waals surface area contributed by atoms with Crippen LogP contribution in [-0.4, -0.2) is 79.0 Å². The lowest BCUT2D eigenvalue weighted by atomic mass is 10.1. The van der Waals surface area contributed by atoms with Crippen LogP contribution in [0.2, 0.25) is 0 Å². The van der Waals surface area contributed by atoms with E-state index in [4.69, 9.17) is 33.2 Å². The van der Waals surface area contributed by atoms with E-state index in [0.717, 1.165) is 33.0 Å². The van der Waals surface area contributed by atoms with E-state index in [-0.39, 0.29) is 0 Å². The van der Waals surface area contributed by atoms with Gasteiger partial charge in [0, 0.05) is 21.5 Å². The summed E-state index contributed by atoms with van der Waals surface area (Å²) in [4.78, 5) is 23.4. The first-order chi connectivity index (χ1) is 28.0. The number of carbonyl (C=O) groups is 2. The first kappa shape index (κ1) is 40.1. The molecule has 0 aliphatic carbocycles. The maximum Gasteiger partial charge on any atom is 0.337 e. The predicted octanol–water partition coefficient (Wildman–Crippen LogP) is 9.90. The van der Waals surface area contributed by atoms with E-state index in [1.807, 2.05) is 72.8 Å². The minimum atomic E-state index is -0.403. The summed E-state index contributed by atoms with van der Waals surface area (Å²) in [5.41, 5.74) is 3.52. The molecule has 6 aromatic rings. The average molecular weight is 771 g/mol. The predicted molar refractivity (Wildman–Crippen MR) is 215 cm³/mol. The van der Waals surface area contributed by atoms with Gasteiger partial charge in [0.15, 0.2) is 0 Å². The molecule has 0 saturated heterocycles. The zero-order chi connectivity index (χ0) is 39.7. The van der Waals surface area contributed by atoms with E-state index >= 15 is 0 Å². The number of benzene rings is 6. The number of rotatable bonds is 20. The zero-order valence-corrected chi connectivity index (χ0v) is 31.7. The summed E-state index contributed by atoms with van der Waals surface area (Å²) in [5, 5.41) is 21.2. The van der Waals surface area contributed by atoms with Crippen molar-refractivity contribution in [2.75, 3.05) is 67.1 Å². The van der Waals surface area contributed by atoms with Crippen LogP contribution in [0.1, 0.15) is 20.7 Å². The smallest absolute Gasteiger partial charge is 0.337 e. The molecule has 13 nitrogen and oxygen atoms in total. The second kappa shape index (κ2) is 20.9. The summed E-state index contributed by atoms with van der Waals surface area (Å²) in [7, 11) is 2.69. The van der Waals surface area contributed by atoms with Gasteiger partial charge in [0.05, 0.1) is 87.7 Å². The number of methoxy groups -OCH3 is 2. The molecule has 0 aliphatic heterocycles. The number of azo groups is 2. The molecule has 6 rings (SSSR count). The van der Waals surface area contributed by atoms with Gasteiger partial charge >= 0.3 is 11.9 Å². The highest BCUT2D eigenvalue weighted by atomic mass is 16.6. The zero-order valence-electron chi connectivity index (χ0n) is 31.7. The molecule has 13 heteroatoms. The van der Waals surface area contributed by atoms with Gasteiger partial charge in [-0.25, -0.2) is 9.59 Å². The largest absolute Gasteiger partial charge is 0.491 e. The quantitative estimate of drug-likeness (QED) is 0.0420. The average Bonchev–Trinajstić information content (AvgIpc) is 3.26. The highest BCUT2D eigenvalue weighted by molar-refractivity contribution is 5.97. The normalized spacial score (nSPS) is 11.4. The van der Waals surface area contributed by atoms with Gasteiger partial charge in [-0.3, -0.25) is 0 Å². The molecule has 57 heavy (non-hydrogen) atoms. The maximum absolute atomic E-state index is 11.7. The fourth-order valence-electron chi connectivity index (χ4n) is 5.69. The van der Waals surface area contributed by atoms with Crippen LogP contribution in [0.15, 0.2) is 142 Å². The number of ether oxygens (including phenoxy) is 7. The van der Waals surface area contributed by atoms with E-state index in [9.17, 15) is 9.59 Å². The Bertz CT molecular complexity index is 2150. The molecule has 0 saturated carbocycles. The molecule has 6 aromatic carbocycles. The number of hydrogen-bond acceptors (Lipinski definition) is 13. The van der Waals surface area contributed by atoms with Crippen LogP contribution in [0.4, 0.5) is 22.7 Å². The molecule has 0 atom stereocenters. The fourth-order valence-corrected chi connectivity index (χ4v) is 5.69. The molecular weight excluding hydrogens is 729 g/mol. The molecule has 0 unspecified atom stereocenters. The van der Waals surface area contributed by atoms with Crippen molar-refractivity contribution < 1.29 is 42.7 Å². The summed E-state index contributed by atoms with van der Waals surface area (Å²) in [6.07, 6.45) is 0. The lowest BCUT2D eigenvalue weighted by molar-refractivity contribution is 0.00512. The van der Waals surface area contributed by atoms with Crippen LogP contribution in [0.3, 0.4) is 0 Å². The molecule has 292 valence electrons. The molecule has 0 amide bonds. The fraction of sp³-hybridized carbons (Fsp3) is 0.227. The highest BCUT2D eigenvalue weighted by Crippen LogP contribution is 2.35. The van der Waals surface area contributed by atoms with Crippen molar-refractivity contribution >= 4 is 56.2 Å². The van der Waals surface area contributed by atoms with Crippen molar-refractivity contribution in [3.05, 3.63) is 132 Å². The molecule has 0 fully saturated rings. The first-order valence-corrected chi connectivity index (χ1v) is 18.3. The molecule has 0 spiro atoms. The van der Waals surface area contributed by atoms with Gasteiger partial charge in [0.1, 0.15) is 24.7 Å². The van der Waals surface area contributed by atoms with E-state index in [1.54, 1.807) is 48.5 Å². The Morgan fingerprint density at radius 3 is 1.12 bits per heavy atom. The first-order valence-electron chi connectivity index (χ1n) is 18.3. The third-order valence-corrected chi connectivity index (χ3v) is 8.56. The van der Waals surface area contributed by atoms with Gasteiger partial charge in [0.2, 0.25) is 0 Å². The maximum atomic E-state index is 11.7. The second-order valence-electron chi connectivity index (χ2n) is 12.3. The Labute approximate surface area is 329 Å². The molecule has 0 N–H and O–H groups in total. The molecule has 0 radical (unpaired) electrons.